The zero-order valence-electron chi connectivity index (χ0n) is 22.0. The number of benzene rings is 4. The molecule has 4 aromatic carbocycles. The Morgan fingerprint density at radius 2 is 1.59 bits per heavy atom. The summed E-state index contributed by atoms with van der Waals surface area (Å²) < 4.78 is 13.9. The maximum atomic E-state index is 14.7. The summed E-state index contributed by atoms with van der Waals surface area (Å²) in [5.74, 6) is -2.66. The van der Waals surface area contributed by atoms with Crippen LogP contribution in [0.5, 0.6) is 0 Å². The minimum absolute atomic E-state index is 0.231. The van der Waals surface area contributed by atoms with Gasteiger partial charge in [-0.15, -0.1) is 0 Å². The smallest absolute Gasteiger partial charge is 0.238 e. The first-order chi connectivity index (χ1) is 19.8. The van der Waals surface area contributed by atoms with Crippen LogP contribution in [-0.2, 0) is 10.2 Å². The number of halogens is 2. The normalized spacial score (nSPS) is 23.6. The Morgan fingerprint density at radius 1 is 0.902 bits per heavy atom. The standard InChI is InChI=1S/C34H24ClFN2O3/c1-19-6-16-27-22(18-19)11-17-28-34(25-4-2-3-5-26(25)37-33(34)41)29(31(39)20-9-14-24(36)15-10-20)30(38(27)28)32(40)21-7-12-23(35)13-8-21/h2-18,28-30H,1H3,(H,37,41)/t28-,29-,30-,34-/m0/s1. The van der Waals surface area contributed by atoms with Crippen LogP contribution in [-0.4, -0.2) is 29.6 Å². The molecule has 0 aliphatic carbocycles. The van der Waals surface area contributed by atoms with Crippen molar-refractivity contribution in [2.75, 3.05) is 10.2 Å². The maximum Gasteiger partial charge on any atom is 0.238 e. The summed E-state index contributed by atoms with van der Waals surface area (Å²) in [7, 11) is 0. The summed E-state index contributed by atoms with van der Waals surface area (Å²) in [5, 5.41) is 3.49. The SMILES string of the molecule is Cc1ccc2c(c1)C=C[C@@H]1N2[C@H](C(=O)c2ccc(Cl)cc2)[C@@H](C(=O)c2ccc(F)cc2)[C@@]12C(=O)Nc1ccccc12. The molecule has 3 aliphatic rings. The van der Waals surface area contributed by atoms with Crippen molar-refractivity contribution in [1.29, 1.82) is 0 Å². The molecule has 1 amide bonds. The van der Waals surface area contributed by atoms with E-state index in [2.05, 4.69) is 5.32 Å². The maximum absolute atomic E-state index is 14.7. The topological polar surface area (TPSA) is 66.5 Å². The number of nitrogens with zero attached hydrogens (tertiary/aromatic N) is 1. The summed E-state index contributed by atoms with van der Waals surface area (Å²) in [6, 6.07) is 23.4. The van der Waals surface area contributed by atoms with E-state index < -0.39 is 35.0 Å². The third kappa shape index (κ3) is 3.64. The number of aryl methyl sites for hydroxylation is 1. The number of carbonyl (C=O) groups is 3. The number of hydrogen-bond donors (Lipinski definition) is 1. The van der Waals surface area contributed by atoms with E-state index in [9.17, 15) is 18.8 Å². The highest BCUT2D eigenvalue weighted by Crippen LogP contribution is 2.58. The van der Waals surface area contributed by atoms with Gasteiger partial charge < -0.3 is 10.2 Å². The van der Waals surface area contributed by atoms with Gasteiger partial charge in [0.2, 0.25) is 5.91 Å². The highest BCUT2D eigenvalue weighted by molar-refractivity contribution is 6.30. The quantitative estimate of drug-likeness (QED) is 0.283. The Labute approximate surface area is 241 Å². The molecule has 0 saturated carbocycles. The Bertz CT molecular complexity index is 1780. The van der Waals surface area contributed by atoms with Crippen molar-refractivity contribution in [2.45, 2.75) is 24.4 Å². The minimum Gasteiger partial charge on any atom is -0.352 e. The number of nitrogens with one attached hydrogen (secondary N) is 1. The van der Waals surface area contributed by atoms with Gasteiger partial charge in [-0.2, -0.15) is 0 Å². The van der Waals surface area contributed by atoms with E-state index in [1.165, 1.54) is 24.3 Å². The van der Waals surface area contributed by atoms with Gasteiger partial charge in [0, 0.05) is 27.5 Å². The molecule has 0 unspecified atom stereocenters. The molecule has 202 valence electrons. The number of amides is 1. The van der Waals surface area contributed by atoms with Gasteiger partial charge >= 0.3 is 0 Å². The molecule has 1 saturated heterocycles. The van der Waals surface area contributed by atoms with Crippen molar-refractivity contribution < 1.29 is 18.8 Å². The van der Waals surface area contributed by atoms with Crippen molar-refractivity contribution in [3.8, 4) is 0 Å². The second-order valence-corrected chi connectivity index (χ2v) is 11.2. The van der Waals surface area contributed by atoms with Crippen LogP contribution in [0.4, 0.5) is 15.8 Å². The van der Waals surface area contributed by atoms with Crippen molar-refractivity contribution >= 4 is 46.5 Å². The Kier molecular flexibility index (Phi) is 5.73. The lowest BCUT2D eigenvalue weighted by molar-refractivity contribution is -0.121. The number of carbonyl (C=O) groups excluding carboxylic acids is 3. The average Bonchev–Trinajstić information content (AvgIpc) is 3.45. The summed E-state index contributed by atoms with van der Waals surface area (Å²) >= 11 is 6.15. The fourth-order valence-electron chi connectivity index (χ4n) is 6.88. The van der Waals surface area contributed by atoms with Gasteiger partial charge in [0.1, 0.15) is 17.3 Å². The van der Waals surface area contributed by atoms with Crippen LogP contribution in [0.2, 0.25) is 5.02 Å². The summed E-state index contributed by atoms with van der Waals surface area (Å²) in [6.45, 7) is 1.99. The molecule has 4 aromatic rings. The molecule has 0 aromatic heterocycles. The van der Waals surface area contributed by atoms with Crippen molar-refractivity contribution in [1.82, 2.24) is 0 Å². The van der Waals surface area contributed by atoms with E-state index >= 15 is 0 Å². The zero-order valence-corrected chi connectivity index (χ0v) is 22.7. The number of hydrogen-bond acceptors (Lipinski definition) is 4. The monoisotopic (exact) mass is 562 g/mol. The van der Waals surface area contributed by atoms with Crippen LogP contribution in [0.3, 0.4) is 0 Å². The highest BCUT2D eigenvalue weighted by Gasteiger charge is 2.70. The van der Waals surface area contributed by atoms with Crippen molar-refractivity contribution in [3.05, 3.63) is 136 Å². The molecule has 0 bridgehead atoms. The van der Waals surface area contributed by atoms with E-state index in [0.29, 0.717) is 21.8 Å². The second-order valence-electron chi connectivity index (χ2n) is 10.8. The van der Waals surface area contributed by atoms with E-state index in [4.69, 9.17) is 11.6 Å². The van der Waals surface area contributed by atoms with E-state index in [1.807, 2.05) is 66.4 Å². The first-order valence-electron chi connectivity index (χ1n) is 13.4. The largest absolute Gasteiger partial charge is 0.352 e. The van der Waals surface area contributed by atoms with E-state index in [-0.39, 0.29) is 17.3 Å². The Morgan fingerprint density at radius 3 is 2.34 bits per heavy atom. The number of ketones is 2. The van der Waals surface area contributed by atoms with E-state index in [0.717, 1.165) is 16.8 Å². The highest BCUT2D eigenvalue weighted by atomic mass is 35.5. The first kappa shape index (κ1) is 25.4. The van der Waals surface area contributed by atoms with Gasteiger partial charge in [-0.3, -0.25) is 14.4 Å². The molecule has 7 rings (SSSR count). The Balaban J connectivity index is 1.53. The first-order valence-corrected chi connectivity index (χ1v) is 13.8. The molecule has 0 radical (unpaired) electrons. The number of rotatable bonds is 4. The lowest BCUT2D eigenvalue weighted by Gasteiger charge is -2.37. The molecule has 1 spiro atoms. The molecule has 3 aliphatic heterocycles. The number of anilines is 2. The fraction of sp³-hybridized carbons (Fsp3) is 0.147. The number of Topliss-reactive ketones (excluding diaryl/α,β-unsaturated/α-hetero) is 2. The lowest BCUT2D eigenvalue weighted by Crippen LogP contribution is -2.51. The summed E-state index contributed by atoms with van der Waals surface area (Å²) in [4.78, 5) is 45.5. The van der Waals surface area contributed by atoms with Crippen molar-refractivity contribution in [3.63, 3.8) is 0 Å². The molecule has 7 heteroatoms. The summed E-state index contributed by atoms with van der Waals surface area (Å²) in [5.41, 5.74) is 3.16. The van der Waals surface area contributed by atoms with Gasteiger partial charge in [0.15, 0.2) is 11.6 Å². The van der Waals surface area contributed by atoms with Crippen LogP contribution < -0.4 is 10.2 Å². The molecule has 4 atom stereocenters. The van der Waals surface area contributed by atoms with Crippen LogP contribution in [0.25, 0.3) is 6.08 Å². The third-order valence-corrected chi connectivity index (χ3v) is 8.85. The van der Waals surface area contributed by atoms with Gasteiger partial charge in [-0.25, -0.2) is 4.39 Å². The van der Waals surface area contributed by atoms with Gasteiger partial charge in [-0.05, 0) is 84.8 Å². The number of para-hydroxylation sites is 1. The predicted molar refractivity (Wildman–Crippen MR) is 157 cm³/mol. The van der Waals surface area contributed by atoms with Gasteiger partial charge in [0.25, 0.3) is 0 Å². The molecular weight excluding hydrogens is 539 g/mol. The van der Waals surface area contributed by atoms with Crippen LogP contribution in [0, 0.1) is 18.7 Å². The molecule has 3 heterocycles. The third-order valence-electron chi connectivity index (χ3n) is 8.60. The van der Waals surface area contributed by atoms with E-state index in [1.54, 1.807) is 24.3 Å². The summed E-state index contributed by atoms with van der Waals surface area (Å²) in [6.07, 6.45) is 3.90. The molecule has 1 N–H and O–H groups in total. The van der Waals surface area contributed by atoms with Gasteiger partial charge in [0.05, 0.1) is 12.0 Å². The van der Waals surface area contributed by atoms with Crippen LogP contribution in [0.15, 0.2) is 97.1 Å². The predicted octanol–water partition coefficient (Wildman–Crippen LogP) is 6.64. The van der Waals surface area contributed by atoms with Gasteiger partial charge in [-0.1, -0.05) is 53.6 Å². The van der Waals surface area contributed by atoms with Crippen LogP contribution in [0.1, 0.15) is 37.4 Å². The lowest BCUT2D eigenvalue weighted by atomic mass is 9.64. The fourth-order valence-corrected chi connectivity index (χ4v) is 7.00. The van der Waals surface area contributed by atoms with Crippen molar-refractivity contribution in [2.24, 2.45) is 5.92 Å². The second kappa shape index (κ2) is 9.25. The molecule has 41 heavy (non-hydrogen) atoms. The van der Waals surface area contributed by atoms with Crippen LogP contribution >= 0.6 is 11.6 Å². The number of fused-ring (bicyclic) bond motifs is 6. The molecular formula is C34H24ClFN2O3. The molecule has 1 fully saturated rings. The zero-order chi connectivity index (χ0) is 28.5. The minimum atomic E-state index is -1.42. The average molecular weight is 563 g/mol. The Hall–Kier alpha value is -4.55. The molecule has 5 nitrogen and oxygen atoms in total.